The lowest BCUT2D eigenvalue weighted by atomic mass is 10.5. The molecule has 0 aliphatic heterocycles. The maximum absolute atomic E-state index is 11.7. The van der Waals surface area contributed by atoms with E-state index in [1.165, 1.54) is 12.5 Å². The molecule has 1 aromatic heterocycles. The van der Waals surface area contributed by atoms with Crippen LogP contribution < -0.4 is 5.32 Å². The molecule has 0 fully saturated rings. The van der Waals surface area contributed by atoms with E-state index in [-0.39, 0.29) is 10.8 Å². The highest BCUT2D eigenvalue weighted by Gasteiger charge is 2.04. The van der Waals surface area contributed by atoms with E-state index < -0.39 is 13.0 Å². The number of hydrogen-bond donors (Lipinski definition) is 1. The largest absolute Gasteiger partial charge is 0.363 e. The van der Waals surface area contributed by atoms with E-state index in [0.717, 1.165) is 0 Å². The minimum Gasteiger partial charge on any atom is -0.363 e. The van der Waals surface area contributed by atoms with E-state index in [9.17, 15) is 8.78 Å². The first-order chi connectivity index (χ1) is 5.70. The lowest BCUT2D eigenvalue weighted by Crippen LogP contribution is -2.11. The topological polar surface area (TPSA) is 37.8 Å². The molecule has 1 N–H and O–H groups in total. The van der Waals surface area contributed by atoms with Gasteiger partial charge in [-0.05, 0) is 0 Å². The van der Waals surface area contributed by atoms with Gasteiger partial charge in [0.2, 0.25) is 0 Å². The summed E-state index contributed by atoms with van der Waals surface area (Å²) in [5.74, 6) is 0.229. The number of aromatic nitrogens is 2. The summed E-state index contributed by atoms with van der Waals surface area (Å²) in [6, 6.07) is 0. The predicted molar refractivity (Wildman–Crippen MR) is 41.5 cm³/mol. The van der Waals surface area contributed by atoms with Crippen molar-refractivity contribution >= 4 is 17.4 Å². The highest BCUT2D eigenvalue weighted by atomic mass is 35.5. The van der Waals surface area contributed by atoms with Crippen molar-refractivity contribution in [3.05, 3.63) is 17.5 Å². The molecule has 0 aromatic carbocycles. The van der Waals surface area contributed by atoms with Crippen molar-refractivity contribution in [3.8, 4) is 0 Å². The van der Waals surface area contributed by atoms with E-state index in [2.05, 4.69) is 15.3 Å². The summed E-state index contributed by atoms with van der Waals surface area (Å²) in [6.07, 6.45) is 0.151. The summed E-state index contributed by atoms with van der Waals surface area (Å²) in [7, 11) is 0. The fourth-order valence-corrected chi connectivity index (χ4v) is 0.789. The Morgan fingerprint density at radius 1 is 1.58 bits per heavy atom. The number of alkyl halides is 2. The van der Waals surface area contributed by atoms with Crippen LogP contribution in [-0.4, -0.2) is 22.9 Å². The number of hydrogen-bond acceptors (Lipinski definition) is 3. The predicted octanol–water partition coefficient (Wildman–Crippen LogP) is 1.81. The Bertz CT molecular complexity index is 256. The Morgan fingerprint density at radius 3 is 2.92 bits per heavy atom. The number of anilines is 1. The smallest absolute Gasteiger partial charge is 0.255 e. The van der Waals surface area contributed by atoms with Gasteiger partial charge in [-0.1, -0.05) is 11.6 Å². The molecule has 0 spiro atoms. The molecule has 0 saturated heterocycles. The minimum absolute atomic E-state index is 0.229. The average molecular weight is 194 g/mol. The van der Waals surface area contributed by atoms with E-state index in [1.807, 2.05) is 0 Å². The Hall–Kier alpha value is -0.970. The minimum atomic E-state index is -2.42. The van der Waals surface area contributed by atoms with Crippen LogP contribution in [0.2, 0.25) is 5.02 Å². The quantitative estimate of drug-likeness (QED) is 0.796. The third-order valence-corrected chi connectivity index (χ3v) is 1.37. The molecular weight excluding hydrogens is 188 g/mol. The van der Waals surface area contributed by atoms with Gasteiger partial charge in [-0.3, -0.25) is 0 Å². The summed E-state index contributed by atoms with van der Waals surface area (Å²) >= 11 is 5.58. The monoisotopic (exact) mass is 193 g/mol. The van der Waals surface area contributed by atoms with Crippen molar-refractivity contribution in [2.75, 3.05) is 11.9 Å². The first-order valence-electron chi connectivity index (χ1n) is 3.17. The standard InChI is InChI=1S/C6H6ClF2N3/c7-4-1-10-3-12-6(4)11-2-5(8)9/h1,3,5H,2H2,(H,10,11,12). The molecule has 0 unspecified atom stereocenters. The van der Waals surface area contributed by atoms with Gasteiger partial charge in [0.05, 0.1) is 12.7 Å². The van der Waals surface area contributed by atoms with Crippen molar-refractivity contribution in [1.82, 2.24) is 9.97 Å². The van der Waals surface area contributed by atoms with Gasteiger partial charge in [-0.15, -0.1) is 0 Å². The van der Waals surface area contributed by atoms with Crippen LogP contribution in [0, 0.1) is 0 Å². The van der Waals surface area contributed by atoms with Gasteiger partial charge in [-0.2, -0.15) is 0 Å². The highest BCUT2D eigenvalue weighted by Crippen LogP contribution is 2.15. The molecule has 12 heavy (non-hydrogen) atoms. The molecular formula is C6H6ClF2N3. The molecule has 0 radical (unpaired) electrons. The van der Waals surface area contributed by atoms with Crippen molar-refractivity contribution in [2.45, 2.75) is 6.43 Å². The Labute approximate surface area is 72.8 Å². The second-order valence-electron chi connectivity index (χ2n) is 1.99. The third kappa shape index (κ3) is 2.58. The maximum Gasteiger partial charge on any atom is 0.255 e. The van der Waals surface area contributed by atoms with Gasteiger partial charge in [0.1, 0.15) is 17.2 Å². The first-order valence-corrected chi connectivity index (χ1v) is 3.55. The number of rotatable bonds is 3. The SMILES string of the molecule is FC(F)CNc1ncncc1Cl. The fourth-order valence-electron chi connectivity index (χ4n) is 0.617. The van der Waals surface area contributed by atoms with Crippen LogP contribution in [0.5, 0.6) is 0 Å². The normalized spacial score (nSPS) is 10.3. The zero-order chi connectivity index (χ0) is 8.97. The summed E-state index contributed by atoms with van der Waals surface area (Å²) in [6.45, 7) is -0.462. The average Bonchev–Trinajstić information content (AvgIpc) is 2.03. The van der Waals surface area contributed by atoms with Gasteiger partial charge < -0.3 is 5.32 Å². The van der Waals surface area contributed by atoms with Gasteiger partial charge in [-0.25, -0.2) is 18.7 Å². The van der Waals surface area contributed by atoms with Gasteiger partial charge >= 0.3 is 0 Å². The van der Waals surface area contributed by atoms with Crippen LogP contribution in [-0.2, 0) is 0 Å². The fraction of sp³-hybridized carbons (Fsp3) is 0.333. The molecule has 1 rings (SSSR count). The molecule has 1 heterocycles. The summed E-state index contributed by atoms with van der Waals surface area (Å²) < 4.78 is 23.4. The molecule has 1 aromatic rings. The number of nitrogens with zero attached hydrogens (tertiary/aromatic N) is 2. The molecule has 0 aliphatic carbocycles. The first kappa shape index (κ1) is 9.12. The van der Waals surface area contributed by atoms with E-state index in [0.29, 0.717) is 0 Å². The highest BCUT2D eigenvalue weighted by molar-refractivity contribution is 6.32. The number of halogens is 3. The Morgan fingerprint density at radius 2 is 2.33 bits per heavy atom. The lowest BCUT2D eigenvalue weighted by molar-refractivity contribution is 0.163. The molecule has 0 amide bonds. The van der Waals surface area contributed by atoms with Crippen molar-refractivity contribution in [2.24, 2.45) is 0 Å². The molecule has 66 valence electrons. The molecule has 6 heteroatoms. The van der Waals surface area contributed by atoms with E-state index >= 15 is 0 Å². The van der Waals surface area contributed by atoms with Crippen LogP contribution in [0.25, 0.3) is 0 Å². The molecule has 0 atom stereocenters. The Kier molecular flexibility index (Phi) is 3.16. The summed E-state index contributed by atoms with van der Waals surface area (Å²) in [5.41, 5.74) is 0. The van der Waals surface area contributed by atoms with Gasteiger partial charge in [0, 0.05) is 0 Å². The second-order valence-corrected chi connectivity index (χ2v) is 2.40. The van der Waals surface area contributed by atoms with Crippen molar-refractivity contribution in [3.63, 3.8) is 0 Å². The van der Waals surface area contributed by atoms with Crippen molar-refractivity contribution in [1.29, 1.82) is 0 Å². The number of nitrogens with one attached hydrogen (secondary N) is 1. The summed E-state index contributed by atoms with van der Waals surface area (Å²) in [5, 5.41) is 2.61. The van der Waals surface area contributed by atoms with E-state index in [4.69, 9.17) is 11.6 Å². The van der Waals surface area contributed by atoms with Crippen LogP contribution in [0.4, 0.5) is 14.6 Å². The summed E-state index contributed by atoms with van der Waals surface area (Å²) in [4.78, 5) is 7.26. The molecule has 0 saturated carbocycles. The van der Waals surface area contributed by atoms with Gasteiger partial charge in [0.15, 0.2) is 0 Å². The van der Waals surface area contributed by atoms with Gasteiger partial charge in [0.25, 0.3) is 6.43 Å². The van der Waals surface area contributed by atoms with Crippen LogP contribution in [0.15, 0.2) is 12.5 Å². The zero-order valence-electron chi connectivity index (χ0n) is 5.97. The Balaban J connectivity index is 2.57. The lowest BCUT2D eigenvalue weighted by Gasteiger charge is -2.04. The zero-order valence-corrected chi connectivity index (χ0v) is 6.72. The molecule has 0 bridgehead atoms. The van der Waals surface area contributed by atoms with Crippen LogP contribution in [0.1, 0.15) is 0 Å². The second kappa shape index (κ2) is 4.15. The van der Waals surface area contributed by atoms with E-state index in [1.54, 1.807) is 0 Å². The third-order valence-electron chi connectivity index (χ3n) is 1.09. The van der Waals surface area contributed by atoms with Crippen molar-refractivity contribution < 1.29 is 8.78 Å². The van der Waals surface area contributed by atoms with Crippen LogP contribution in [0.3, 0.4) is 0 Å². The molecule has 0 aliphatic rings. The maximum atomic E-state index is 11.7. The molecule has 3 nitrogen and oxygen atoms in total. The van der Waals surface area contributed by atoms with Crippen LogP contribution >= 0.6 is 11.6 Å².